The SMILES string of the molecule is C#CN(c1cccc2c1Cc1ccccc1-2)[C@@H](C)C(=O)O. The van der Waals surface area contributed by atoms with E-state index in [9.17, 15) is 9.90 Å². The van der Waals surface area contributed by atoms with E-state index in [1.807, 2.05) is 24.3 Å². The Kier molecular flexibility index (Phi) is 3.15. The van der Waals surface area contributed by atoms with Crippen molar-refractivity contribution in [3.8, 4) is 23.6 Å². The number of carboxylic acids is 1. The molecule has 1 aliphatic carbocycles. The highest BCUT2D eigenvalue weighted by Gasteiger charge is 2.26. The summed E-state index contributed by atoms with van der Waals surface area (Å²) < 4.78 is 0. The second-order valence-corrected chi connectivity index (χ2v) is 5.15. The zero-order valence-corrected chi connectivity index (χ0v) is 11.7. The van der Waals surface area contributed by atoms with Crippen LogP contribution in [0.3, 0.4) is 0 Å². The second-order valence-electron chi connectivity index (χ2n) is 5.15. The molecule has 0 saturated carbocycles. The number of fused-ring (bicyclic) bond motifs is 3. The fraction of sp³-hybridized carbons (Fsp3) is 0.167. The van der Waals surface area contributed by atoms with Crippen LogP contribution in [0.4, 0.5) is 5.69 Å². The lowest BCUT2D eigenvalue weighted by atomic mass is 10.0. The third-order valence-corrected chi connectivity index (χ3v) is 3.97. The van der Waals surface area contributed by atoms with Crippen LogP contribution >= 0.6 is 0 Å². The monoisotopic (exact) mass is 277 g/mol. The molecule has 0 aliphatic heterocycles. The fourth-order valence-electron chi connectivity index (χ4n) is 2.87. The molecule has 0 fully saturated rings. The van der Waals surface area contributed by atoms with Crippen molar-refractivity contribution in [2.45, 2.75) is 19.4 Å². The quantitative estimate of drug-likeness (QED) is 0.590. The number of terminal acetylenes is 1. The lowest BCUT2D eigenvalue weighted by molar-refractivity contribution is -0.137. The number of carboxylic acid groups (broad SMARTS) is 1. The van der Waals surface area contributed by atoms with Crippen LogP contribution in [0.15, 0.2) is 42.5 Å². The molecule has 0 amide bonds. The molecule has 104 valence electrons. The highest BCUT2D eigenvalue weighted by molar-refractivity contribution is 5.86. The van der Waals surface area contributed by atoms with Gasteiger partial charge in [-0.05, 0) is 35.2 Å². The fourth-order valence-corrected chi connectivity index (χ4v) is 2.87. The van der Waals surface area contributed by atoms with Crippen molar-refractivity contribution >= 4 is 11.7 Å². The zero-order valence-electron chi connectivity index (χ0n) is 11.7. The number of aliphatic carboxylic acids is 1. The Morgan fingerprint density at radius 1 is 1.24 bits per heavy atom. The maximum absolute atomic E-state index is 11.3. The molecule has 0 radical (unpaired) electrons. The molecule has 3 heteroatoms. The van der Waals surface area contributed by atoms with Crippen molar-refractivity contribution < 1.29 is 9.90 Å². The molecule has 0 aromatic heterocycles. The summed E-state index contributed by atoms with van der Waals surface area (Å²) in [5, 5.41) is 9.23. The van der Waals surface area contributed by atoms with Gasteiger partial charge in [0.05, 0.1) is 5.69 Å². The average molecular weight is 277 g/mol. The highest BCUT2D eigenvalue weighted by Crippen LogP contribution is 2.41. The van der Waals surface area contributed by atoms with Crippen molar-refractivity contribution in [2.75, 3.05) is 4.90 Å². The van der Waals surface area contributed by atoms with Gasteiger partial charge < -0.3 is 5.11 Å². The van der Waals surface area contributed by atoms with E-state index < -0.39 is 12.0 Å². The van der Waals surface area contributed by atoms with Gasteiger partial charge in [-0.2, -0.15) is 0 Å². The third kappa shape index (κ3) is 2.05. The van der Waals surface area contributed by atoms with Crippen LogP contribution in [0, 0.1) is 12.5 Å². The average Bonchev–Trinajstić information content (AvgIpc) is 2.87. The number of hydrogen-bond donors (Lipinski definition) is 1. The smallest absolute Gasteiger partial charge is 0.327 e. The minimum atomic E-state index is -0.930. The van der Waals surface area contributed by atoms with Crippen LogP contribution < -0.4 is 4.90 Å². The van der Waals surface area contributed by atoms with Crippen LogP contribution in [0.1, 0.15) is 18.1 Å². The molecule has 0 spiro atoms. The molecule has 1 aliphatic rings. The van der Waals surface area contributed by atoms with Crippen molar-refractivity contribution in [3.63, 3.8) is 0 Å². The Labute approximate surface area is 123 Å². The molecule has 0 heterocycles. The van der Waals surface area contributed by atoms with Gasteiger partial charge in [-0.1, -0.05) is 42.8 Å². The van der Waals surface area contributed by atoms with Gasteiger partial charge in [-0.3, -0.25) is 4.90 Å². The number of rotatable bonds is 3. The predicted molar refractivity (Wildman–Crippen MR) is 83.1 cm³/mol. The van der Waals surface area contributed by atoms with E-state index in [1.54, 1.807) is 6.92 Å². The molecular weight excluding hydrogens is 262 g/mol. The summed E-state index contributed by atoms with van der Waals surface area (Å²) in [6.45, 7) is 1.60. The molecule has 3 nitrogen and oxygen atoms in total. The molecule has 1 N–H and O–H groups in total. The lowest BCUT2D eigenvalue weighted by Gasteiger charge is -2.24. The normalized spacial score (nSPS) is 13.0. The molecule has 3 rings (SSSR count). The molecule has 2 aromatic carbocycles. The number of carbonyl (C=O) groups is 1. The van der Waals surface area contributed by atoms with E-state index in [2.05, 4.69) is 24.2 Å². The number of benzene rings is 2. The molecular formula is C18H15NO2. The lowest BCUT2D eigenvalue weighted by Crippen LogP contribution is -2.35. The number of hydrogen-bond acceptors (Lipinski definition) is 2. The number of anilines is 1. The summed E-state index contributed by atoms with van der Waals surface area (Å²) in [5.41, 5.74) is 5.50. The van der Waals surface area contributed by atoms with E-state index in [0.717, 1.165) is 23.2 Å². The Bertz CT molecular complexity index is 758. The van der Waals surface area contributed by atoms with Gasteiger partial charge in [0.1, 0.15) is 6.04 Å². The Morgan fingerprint density at radius 2 is 1.95 bits per heavy atom. The topological polar surface area (TPSA) is 40.5 Å². The van der Waals surface area contributed by atoms with E-state index in [-0.39, 0.29) is 0 Å². The standard InChI is InChI=1S/C18H15NO2/c1-3-19(12(2)18(20)21)17-10-6-9-15-14-8-5-4-7-13(14)11-16(15)17/h1,4-10,12H,11H2,2H3,(H,20,21)/t12-/m0/s1. The summed E-state index contributed by atoms with van der Waals surface area (Å²) in [6.07, 6.45) is 6.34. The first kappa shape index (κ1) is 13.3. The van der Waals surface area contributed by atoms with Crippen LogP contribution in [0.25, 0.3) is 11.1 Å². The minimum Gasteiger partial charge on any atom is -0.480 e. The summed E-state index contributed by atoms with van der Waals surface area (Å²) in [4.78, 5) is 12.7. The molecule has 2 aromatic rings. The molecule has 0 bridgehead atoms. The molecule has 0 saturated heterocycles. The van der Waals surface area contributed by atoms with Gasteiger partial charge in [0.25, 0.3) is 0 Å². The van der Waals surface area contributed by atoms with Crippen LogP contribution in [0.2, 0.25) is 0 Å². The van der Waals surface area contributed by atoms with Gasteiger partial charge in [0, 0.05) is 12.5 Å². The van der Waals surface area contributed by atoms with Crippen molar-refractivity contribution in [3.05, 3.63) is 53.6 Å². The first-order valence-corrected chi connectivity index (χ1v) is 6.82. The van der Waals surface area contributed by atoms with Gasteiger partial charge in [-0.25, -0.2) is 4.79 Å². The van der Waals surface area contributed by atoms with Crippen LogP contribution in [0.5, 0.6) is 0 Å². The maximum Gasteiger partial charge on any atom is 0.327 e. The summed E-state index contributed by atoms with van der Waals surface area (Å²) in [5.74, 6) is -0.930. The zero-order chi connectivity index (χ0) is 15.0. The van der Waals surface area contributed by atoms with E-state index in [4.69, 9.17) is 6.42 Å². The maximum atomic E-state index is 11.3. The molecule has 21 heavy (non-hydrogen) atoms. The first-order valence-electron chi connectivity index (χ1n) is 6.82. The van der Waals surface area contributed by atoms with Crippen molar-refractivity contribution in [2.24, 2.45) is 0 Å². The first-order chi connectivity index (χ1) is 10.1. The van der Waals surface area contributed by atoms with Gasteiger partial charge in [0.2, 0.25) is 0 Å². The molecule has 1 atom stereocenters. The van der Waals surface area contributed by atoms with Gasteiger partial charge >= 0.3 is 5.97 Å². The molecule has 0 unspecified atom stereocenters. The van der Waals surface area contributed by atoms with Crippen LogP contribution in [-0.2, 0) is 11.2 Å². The van der Waals surface area contributed by atoms with Crippen LogP contribution in [-0.4, -0.2) is 17.1 Å². The minimum absolute atomic E-state index is 0.759. The summed E-state index contributed by atoms with van der Waals surface area (Å²) in [6, 6.07) is 15.8. The van der Waals surface area contributed by atoms with Gasteiger partial charge in [-0.15, -0.1) is 0 Å². The number of nitrogens with zero attached hydrogens (tertiary/aromatic N) is 1. The summed E-state index contributed by atoms with van der Waals surface area (Å²) >= 11 is 0. The second kappa shape index (κ2) is 4.99. The Balaban J connectivity index is 2.12. The Morgan fingerprint density at radius 3 is 2.67 bits per heavy atom. The largest absolute Gasteiger partial charge is 0.480 e. The van der Waals surface area contributed by atoms with Gasteiger partial charge in [0.15, 0.2) is 0 Å². The highest BCUT2D eigenvalue weighted by atomic mass is 16.4. The van der Waals surface area contributed by atoms with Crippen molar-refractivity contribution in [1.29, 1.82) is 0 Å². The third-order valence-electron chi connectivity index (χ3n) is 3.97. The van der Waals surface area contributed by atoms with E-state index in [1.165, 1.54) is 16.0 Å². The predicted octanol–water partition coefficient (Wildman–Crippen LogP) is 3.13. The summed E-state index contributed by atoms with van der Waals surface area (Å²) in [7, 11) is 0. The van der Waals surface area contributed by atoms with E-state index >= 15 is 0 Å². The van der Waals surface area contributed by atoms with E-state index in [0.29, 0.717) is 0 Å². The Hall–Kier alpha value is -2.73. The van der Waals surface area contributed by atoms with Crippen molar-refractivity contribution in [1.82, 2.24) is 0 Å².